The van der Waals surface area contributed by atoms with Gasteiger partial charge in [-0.25, -0.2) is 0 Å². The molecule has 0 aromatic heterocycles. The van der Waals surface area contributed by atoms with E-state index in [1.807, 2.05) is 0 Å². The molecule has 1 aromatic rings. The van der Waals surface area contributed by atoms with Gasteiger partial charge in [0.05, 0.1) is 0 Å². The van der Waals surface area contributed by atoms with Crippen molar-refractivity contribution in [2.45, 2.75) is 31.6 Å². The largest absolute Gasteiger partial charge is 0.381 e. The van der Waals surface area contributed by atoms with Crippen molar-refractivity contribution in [1.82, 2.24) is 0 Å². The van der Waals surface area contributed by atoms with E-state index in [4.69, 9.17) is 4.74 Å². The van der Waals surface area contributed by atoms with Crippen LogP contribution in [0, 0.1) is 5.92 Å². The first-order valence-electron chi connectivity index (χ1n) is 6.53. The van der Waals surface area contributed by atoms with E-state index in [2.05, 4.69) is 24.3 Å². The minimum atomic E-state index is 0.261. The summed E-state index contributed by atoms with van der Waals surface area (Å²) in [7, 11) is 0. The van der Waals surface area contributed by atoms with Gasteiger partial charge >= 0.3 is 0 Å². The summed E-state index contributed by atoms with van der Waals surface area (Å²) < 4.78 is 5.30. The SMILES string of the molecule is O=C(CC1Cc2ccccc21)C1CCOCC1. The number of Topliss-reactive ketones (excluding diaryl/α,β-unsaturated/α-hetero) is 1. The zero-order valence-corrected chi connectivity index (χ0v) is 10.0. The van der Waals surface area contributed by atoms with Crippen LogP contribution in [0.5, 0.6) is 0 Å². The molecule has 1 fully saturated rings. The lowest BCUT2D eigenvalue weighted by Gasteiger charge is -2.31. The average Bonchev–Trinajstić information content (AvgIpc) is 2.37. The van der Waals surface area contributed by atoms with Crippen molar-refractivity contribution >= 4 is 5.78 Å². The molecule has 1 aliphatic carbocycles. The van der Waals surface area contributed by atoms with Gasteiger partial charge in [-0.05, 0) is 36.3 Å². The van der Waals surface area contributed by atoms with Crippen molar-refractivity contribution in [3.05, 3.63) is 35.4 Å². The molecule has 90 valence electrons. The molecule has 1 heterocycles. The van der Waals surface area contributed by atoms with Gasteiger partial charge in [-0.3, -0.25) is 4.79 Å². The van der Waals surface area contributed by atoms with E-state index < -0.39 is 0 Å². The van der Waals surface area contributed by atoms with Gasteiger partial charge in [0.2, 0.25) is 0 Å². The van der Waals surface area contributed by atoms with E-state index in [1.54, 1.807) is 0 Å². The Morgan fingerprint density at radius 1 is 1.24 bits per heavy atom. The van der Waals surface area contributed by atoms with Gasteiger partial charge in [0.25, 0.3) is 0 Å². The second-order valence-electron chi connectivity index (χ2n) is 5.16. The zero-order chi connectivity index (χ0) is 11.7. The lowest BCUT2D eigenvalue weighted by atomic mass is 9.73. The first-order valence-corrected chi connectivity index (χ1v) is 6.53. The Kier molecular flexibility index (Phi) is 2.98. The molecule has 2 aliphatic rings. The average molecular weight is 230 g/mol. The maximum absolute atomic E-state index is 12.2. The first kappa shape index (κ1) is 11.0. The van der Waals surface area contributed by atoms with Crippen LogP contribution in [-0.2, 0) is 16.0 Å². The molecule has 0 amide bonds. The predicted octanol–water partition coefficient (Wildman–Crippen LogP) is 2.71. The van der Waals surface area contributed by atoms with Crippen LogP contribution in [0.3, 0.4) is 0 Å². The Bertz CT molecular complexity index is 419. The minimum Gasteiger partial charge on any atom is -0.381 e. The van der Waals surface area contributed by atoms with Gasteiger partial charge < -0.3 is 4.74 Å². The third kappa shape index (κ3) is 2.14. The molecule has 0 spiro atoms. The highest BCUT2D eigenvalue weighted by Crippen LogP contribution is 2.38. The van der Waals surface area contributed by atoms with Gasteiger partial charge in [-0.15, -0.1) is 0 Å². The molecular weight excluding hydrogens is 212 g/mol. The van der Waals surface area contributed by atoms with E-state index >= 15 is 0 Å². The second kappa shape index (κ2) is 4.61. The topological polar surface area (TPSA) is 26.3 Å². The number of fused-ring (bicyclic) bond motifs is 1. The molecule has 0 N–H and O–H groups in total. The van der Waals surface area contributed by atoms with Crippen molar-refractivity contribution in [3.63, 3.8) is 0 Å². The van der Waals surface area contributed by atoms with Gasteiger partial charge in [-0.1, -0.05) is 24.3 Å². The van der Waals surface area contributed by atoms with Gasteiger partial charge in [-0.2, -0.15) is 0 Å². The molecule has 1 atom stereocenters. The maximum atomic E-state index is 12.2. The maximum Gasteiger partial charge on any atom is 0.136 e. The van der Waals surface area contributed by atoms with Crippen molar-refractivity contribution in [2.24, 2.45) is 5.92 Å². The number of hydrogen-bond donors (Lipinski definition) is 0. The quantitative estimate of drug-likeness (QED) is 0.798. The lowest BCUT2D eigenvalue weighted by Crippen LogP contribution is -2.27. The Balaban J connectivity index is 1.60. The Labute approximate surface area is 102 Å². The van der Waals surface area contributed by atoms with Crippen LogP contribution >= 0.6 is 0 Å². The van der Waals surface area contributed by atoms with Crippen LogP contribution < -0.4 is 0 Å². The molecule has 0 radical (unpaired) electrons. The third-order valence-corrected chi connectivity index (χ3v) is 4.09. The number of carbonyl (C=O) groups is 1. The van der Waals surface area contributed by atoms with Crippen LogP contribution in [0.4, 0.5) is 0 Å². The van der Waals surface area contributed by atoms with Crippen molar-refractivity contribution < 1.29 is 9.53 Å². The summed E-state index contributed by atoms with van der Waals surface area (Å²) >= 11 is 0. The molecule has 3 rings (SSSR count). The highest BCUT2D eigenvalue weighted by atomic mass is 16.5. The van der Waals surface area contributed by atoms with E-state index in [0.29, 0.717) is 11.7 Å². The summed E-state index contributed by atoms with van der Waals surface area (Å²) in [6, 6.07) is 8.49. The van der Waals surface area contributed by atoms with E-state index in [0.717, 1.165) is 38.9 Å². The van der Waals surface area contributed by atoms with Crippen LogP contribution in [0.1, 0.15) is 36.3 Å². The number of hydrogen-bond acceptors (Lipinski definition) is 2. The van der Waals surface area contributed by atoms with Crippen LogP contribution in [0.15, 0.2) is 24.3 Å². The summed E-state index contributed by atoms with van der Waals surface area (Å²) in [6.07, 6.45) is 3.67. The number of benzene rings is 1. The first-order chi connectivity index (χ1) is 8.34. The fourth-order valence-corrected chi connectivity index (χ4v) is 2.97. The molecule has 17 heavy (non-hydrogen) atoms. The van der Waals surface area contributed by atoms with Crippen molar-refractivity contribution in [1.29, 1.82) is 0 Å². The molecule has 1 saturated heterocycles. The Morgan fingerprint density at radius 3 is 2.76 bits per heavy atom. The zero-order valence-electron chi connectivity index (χ0n) is 10.0. The molecule has 2 heteroatoms. The van der Waals surface area contributed by atoms with Crippen LogP contribution in [0.25, 0.3) is 0 Å². The van der Waals surface area contributed by atoms with Gasteiger partial charge in [0, 0.05) is 25.6 Å². The molecule has 2 nitrogen and oxygen atoms in total. The van der Waals surface area contributed by atoms with Gasteiger partial charge in [0.1, 0.15) is 5.78 Å². The lowest BCUT2D eigenvalue weighted by molar-refractivity contribution is -0.126. The number of rotatable bonds is 3. The van der Waals surface area contributed by atoms with Crippen LogP contribution in [0.2, 0.25) is 0 Å². The Morgan fingerprint density at radius 2 is 2.00 bits per heavy atom. The summed E-state index contributed by atoms with van der Waals surface area (Å²) in [5.74, 6) is 1.20. The fourth-order valence-electron chi connectivity index (χ4n) is 2.97. The standard InChI is InChI=1S/C15H18O2/c16-15(11-5-7-17-8-6-11)10-13-9-12-3-1-2-4-14(12)13/h1-4,11,13H,5-10H2. The van der Waals surface area contributed by atoms with E-state index in [9.17, 15) is 4.79 Å². The van der Waals surface area contributed by atoms with E-state index in [-0.39, 0.29) is 5.92 Å². The minimum absolute atomic E-state index is 0.261. The summed E-state index contributed by atoms with van der Waals surface area (Å²) in [5, 5.41) is 0. The molecular formula is C15H18O2. The van der Waals surface area contributed by atoms with Crippen molar-refractivity contribution in [2.75, 3.05) is 13.2 Å². The third-order valence-electron chi connectivity index (χ3n) is 4.09. The number of ketones is 1. The monoisotopic (exact) mass is 230 g/mol. The second-order valence-corrected chi connectivity index (χ2v) is 5.16. The molecule has 0 bridgehead atoms. The normalized spacial score (nSPS) is 23.9. The Hall–Kier alpha value is -1.15. The fraction of sp³-hybridized carbons (Fsp3) is 0.533. The highest BCUT2D eigenvalue weighted by molar-refractivity contribution is 5.82. The number of ether oxygens (including phenoxy) is 1. The molecule has 1 unspecified atom stereocenters. The van der Waals surface area contributed by atoms with Gasteiger partial charge in [0.15, 0.2) is 0 Å². The molecule has 0 saturated carbocycles. The summed E-state index contributed by atoms with van der Waals surface area (Å²) in [5.41, 5.74) is 2.82. The number of carbonyl (C=O) groups excluding carboxylic acids is 1. The predicted molar refractivity (Wildman–Crippen MR) is 66.1 cm³/mol. The smallest absolute Gasteiger partial charge is 0.136 e. The molecule has 1 aromatic carbocycles. The van der Waals surface area contributed by atoms with Crippen molar-refractivity contribution in [3.8, 4) is 0 Å². The highest BCUT2D eigenvalue weighted by Gasteiger charge is 2.30. The summed E-state index contributed by atoms with van der Waals surface area (Å²) in [6.45, 7) is 1.52. The molecule has 1 aliphatic heterocycles. The van der Waals surface area contributed by atoms with Crippen LogP contribution in [-0.4, -0.2) is 19.0 Å². The summed E-state index contributed by atoms with van der Waals surface area (Å²) in [4.78, 5) is 12.2. The van der Waals surface area contributed by atoms with E-state index in [1.165, 1.54) is 11.1 Å².